The van der Waals surface area contributed by atoms with Crippen LogP contribution >= 0.6 is 34.9 Å². The van der Waals surface area contributed by atoms with Gasteiger partial charge in [0.2, 0.25) is 17.6 Å². The number of nitrogens with zero attached hydrogens (tertiary/aromatic N) is 6. The monoisotopic (exact) mass is 836 g/mol. The number of carbonyl (C=O) groups is 2. The normalized spacial score (nSPS) is 14.4. The molecule has 0 fully saturated rings. The van der Waals surface area contributed by atoms with Crippen LogP contribution in [0.4, 0.5) is 0 Å². The predicted octanol–water partition coefficient (Wildman–Crippen LogP) is 9.13. The Bertz CT molecular complexity index is 2670. The Morgan fingerprint density at radius 1 is 0.678 bits per heavy atom. The van der Waals surface area contributed by atoms with E-state index in [2.05, 4.69) is 46.0 Å². The van der Waals surface area contributed by atoms with E-state index >= 15 is 0 Å². The van der Waals surface area contributed by atoms with Crippen LogP contribution in [-0.4, -0.2) is 52.5 Å². The van der Waals surface area contributed by atoms with Crippen molar-refractivity contribution in [1.82, 2.24) is 39.8 Å². The second-order valence-corrected chi connectivity index (χ2v) is 18.9. The van der Waals surface area contributed by atoms with Gasteiger partial charge in [0.1, 0.15) is 4.83 Å². The number of amides is 2. The van der Waals surface area contributed by atoms with Gasteiger partial charge in [-0.2, -0.15) is 0 Å². The second kappa shape index (κ2) is 16.6. The summed E-state index contributed by atoms with van der Waals surface area (Å²) < 4.78 is 4.00. The molecule has 2 N–H and O–H groups in total. The van der Waals surface area contributed by atoms with E-state index in [0.717, 1.165) is 51.7 Å². The first-order valence-electron chi connectivity index (χ1n) is 19.8. The molecule has 2 amide bonds. The summed E-state index contributed by atoms with van der Waals surface area (Å²) in [6.07, 6.45) is 3.00. The third kappa shape index (κ3) is 7.98. The van der Waals surface area contributed by atoms with Crippen LogP contribution in [0.3, 0.4) is 0 Å². The molecule has 298 valence electrons. The number of aryl methyl sites for hydroxylation is 1. The fourth-order valence-corrected chi connectivity index (χ4v) is 11.0. The maximum absolute atomic E-state index is 13.8. The van der Waals surface area contributed by atoms with Gasteiger partial charge in [0.05, 0.1) is 29.0 Å². The van der Waals surface area contributed by atoms with Crippen LogP contribution in [0, 0.1) is 11.3 Å². The van der Waals surface area contributed by atoms with Gasteiger partial charge in [-0.25, -0.2) is 8.80 Å². The van der Waals surface area contributed by atoms with Crippen molar-refractivity contribution in [2.45, 2.75) is 62.4 Å². The molecule has 9 rings (SSSR count). The van der Waals surface area contributed by atoms with Gasteiger partial charge in [-0.3, -0.25) is 9.59 Å². The van der Waals surface area contributed by atoms with Gasteiger partial charge in [0.15, 0.2) is 16.0 Å². The molecule has 0 aliphatic heterocycles. The fraction of sp³-hybridized carbons (Fsp3) is 0.261. The van der Waals surface area contributed by atoms with E-state index in [-0.39, 0.29) is 40.8 Å². The third-order valence-corrected chi connectivity index (χ3v) is 14.3. The van der Waals surface area contributed by atoms with Gasteiger partial charge in [0, 0.05) is 4.88 Å². The summed E-state index contributed by atoms with van der Waals surface area (Å²) in [4.78, 5) is 29.8. The summed E-state index contributed by atoms with van der Waals surface area (Å²) in [5, 5.41) is 27.6. The highest BCUT2D eigenvalue weighted by atomic mass is 32.2. The zero-order chi connectivity index (χ0) is 40.5. The molecule has 1 atom stereocenters. The van der Waals surface area contributed by atoms with Gasteiger partial charge in [-0.1, -0.05) is 166 Å². The van der Waals surface area contributed by atoms with E-state index < -0.39 is 0 Å². The first-order valence-corrected chi connectivity index (χ1v) is 22.6. The van der Waals surface area contributed by atoms with Crippen LogP contribution in [0.2, 0.25) is 0 Å². The lowest BCUT2D eigenvalue weighted by molar-refractivity contribution is -0.119. The molecule has 0 bridgehead atoms. The molecule has 59 heavy (non-hydrogen) atoms. The van der Waals surface area contributed by atoms with Crippen LogP contribution in [0.1, 0.15) is 72.0 Å². The van der Waals surface area contributed by atoms with Crippen molar-refractivity contribution in [3.8, 4) is 0 Å². The zero-order valence-corrected chi connectivity index (χ0v) is 35.5. The van der Waals surface area contributed by atoms with Crippen molar-refractivity contribution in [2.24, 2.45) is 11.3 Å². The zero-order valence-electron chi connectivity index (χ0n) is 33.0. The van der Waals surface area contributed by atoms with Crippen molar-refractivity contribution >= 4 is 68.3 Å². The molecule has 0 radical (unpaired) electrons. The van der Waals surface area contributed by atoms with E-state index in [1.807, 2.05) is 126 Å². The molecular weight excluding hydrogens is 793 g/mol. The third-order valence-electron chi connectivity index (χ3n) is 11.2. The number of thiophene rings is 1. The van der Waals surface area contributed by atoms with Crippen molar-refractivity contribution < 1.29 is 9.59 Å². The number of nitrogens with one attached hydrogen (secondary N) is 2. The average molecular weight is 837 g/mol. The number of fused-ring (bicyclic) bond motifs is 8. The summed E-state index contributed by atoms with van der Waals surface area (Å²) in [6.45, 7) is 6.98. The Balaban J connectivity index is 1.04. The van der Waals surface area contributed by atoms with Crippen LogP contribution in [-0.2, 0) is 22.4 Å². The SMILES string of the molecule is CC(C)(C)C1CCc2c(sc3c2c2nnc(SCC(=O)NC(c4ccccc4)c4ccccc4)n2c2nnc(SCC(=O)NC(c4ccccc4)c4ccccc4)n32)C1. The second-order valence-electron chi connectivity index (χ2n) is 16.0. The van der Waals surface area contributed by atoms with Crippen LogP contribution in [0.25, 0.3) is 21.6 Å². The molecule has 4 aromatic heterocycles. The first kappa shape index (κ1) is 39.0. The van der Waals surface area contributed by atoms with E-state index in [1.165, 1.54) is 34.0 Å². The van der Waals surface area contributed by atoms with E-state index in [4.69, 9.17) is 10.2 Å². The molecule has 0 saturated heterocycles. The minimum atomic E-state index is -0.301. The van der Waals surface area contributed by atoms with Gasteiger partial charge >= 0.3 is 0 Å². The predicted molar refractivity (Wildman–Crippen MR) is 237 cm³/mol. The Kier molecular flexibility index (Phi) is 11.0. The standard InChI is InChI=1S/C46H44N8O2S3/c1-46(2,3)33-24-25-34-35(26-33)59-42-38(34)41-49-51-44(57-27-36(55)47-39(29-16-8-4-9-17-29)30-18-10-5-11-19-30)53(41)43-50-52-45(54(42)43)58-28-37(56)48-40(31-20-12-6-13-21-31)32-22-14-7-15-23-32/h4-23,33,39-40H,24-28H2,1-3H3,(H,47,55)(H,48,56). The molecule has 13 heteroatoms. The largest absolute Gasteiger partial charge is 0.344 e. The molecule has 1 aliphatic carbocycles. The number of aromatic nitrogens is 6. The highest BCUT2D eigenvalue weighted by Gasteiger charge is 2.33. The van der Waals surface area contributed by atoms with Crippen LogP contribution in [0.5, 0.6) is 0 Å². The highest BCUT2D eigenvalue weighted by molar-refractivity contribution is 8.00. The molecule has 4 heterocycles. The Labute approximate surface area is 355 Å². The van der Waals surface area contributed by atoms with Crippen LogP contribution in [0.15, 0.2) is 132 Å². The Morgan fingerprint density at radius 2 is 1.14 bits per heavy atom. The van der Waals surface area contributed by atoms with Crippen molar-refractivity contribution in [3.63, 3.8) is 0 Å². The molecule has 4 aromatic carbocycles. The van der Waals surface area contributed by atoms with Crippen molar-refractivity contribution in [3.05, 3.63) is 154 Å². The molecule has 10 nitrogen and oxygen atoms in total. The highest BCUT2D eigenvalue weighted by Crippen LogP contribution is 2.45. The maximum atomic E-state index is 13.8. The number of carbonyl (C=O) groups excluding carboxylic acids is 2. The van der Waals surface area contributed by atoms with E-state index in [9.17, 15) is 9.59 Å². The molecule has 1 unspecified atom stereocenters. The molecular formula is C46H44N8O2S3. The van der Waals surface area contributed by atoms with Gasteiger partial charge in [-0.05, 0) is 58.4 Å². The number of hydrogen-bond donors (Lipinski definition) is 2. The lowest BCUT2D eigenvalue weighted by atomic mass is 9.72. The average Bonchev–Trinajstić information content (AvgIpc) is 3.99. The topological polar surface area (TPSA) is 119 Å². The number of rotatable bonds is 12. The Morgan fingerprint density at radius 3 is 1.61 bits per heavy atom. The van der Waals surface area contributed by atoms with E-state index in [1.54, 1.807) is 11.3 Å². The minimum Gasteiger partial charge on any atom is -0.344 e. The fourth-order valence-electron chi connectivity index (χ4n) is 8.05. The lowest BCUT2D eigenvalue weighted by Gasteiger charge is -2.33. The van der Waals surface area contributed by atoms with Crippen molar-refractivity contribution in [1.29, 1.82) is 0 Å². The molecule has 0 spiro atoms. The summed E-state index contributed by atoms with van der Waals surface area (Å²) >= 11 is 4.45. The number of hydrogen-bond acceptors (Lipinski definition) is 9. The van der Waals surface area contributed by atoms with Crippen LogP contribution < -0.4 is 10.6 Å². The summed E-state index contributed by atoms with van der Waals surface area (Å²) in [7, 11) is 0. The quantitative estimate of drug-likeness (QED) is 0.117. The molecule has 0 saturated carbocycles. The number of thioether (sulfide) groups is 2. The minimum absolute atomic E-state index is 0.115. The van der Waals surface area contributed by atoms with Gasteiger partial charge in [-0.15, -0.1) is 31.7 Å². The maximum Gasteiger partial charge on any atom is 0.245 e. The lowest BCUT2D eigenvalue weighted by Crippen LogP contribution is -2.30. The van der Waals surface area contributed by atoms with Crippen molar-refractivity contribution in [2.75, 3.05) is 11.5 Å². The Hall–Kier alpha value is -5.50. The van der Waals surface area contributed by atoms with E-state index in [0.29, 0.717) is 27.7 Å². The van der Waals surface area contributed by atoms with Gasteiger partial charge in [0.25, 0.3) is 0 Å². The molecule has 8 aromatic rings. The number of benzene rings is 4. The summed E-state index contributed by atoms with van der Waals surface area (Å²) in [5.74, 6) is 1.12. The smallest absolute Gasteiger partial charge is 0.245 e. The van der Waals surface area contributed by atoms with Gasteiger partial charge < -0.3 is 10.6 Å². The summed E-state index contributed by atoms with van der Waals surface area (Å²) in [6, 6.07) is 39.4. The molecule has 1 aliphatic rings. The first-order chi connectivity index (χ1) is 28.7. The summed E-state index contributed by atoms with van der Waals surface area (Å²) in [5.41, 5.74) is 6.21.